The summed E-state index contributed by atoms with van der Waals surface area (Å²) in [5, 5.41) is 3.17. The number of carbonyl (C=O) groups excluding carboxylic acids is 1. The van der Waals surface area contributed by atoms with Gasteiger partial charge in [-0.05, 0) is 26.3 Å². The molecular formula is C8H16N2O3. The first-order valence-corrected chi connectivity index (χ1v) is 4.62. The van der Waals surface area contributed by atoms with Crippen LogP contribution in [0, 0.1) is 0 Å². The summed E-state index contributed by atoms with van der Waals surface area (Å²) in [6.45, 7) is 3.92. The molecule has 1 heterocycles. The fourth-order valence-corrected chi connectivity index (χ4v) is 1.21. The second kappa shape index (κ2) is 5.77. The highest BCUT2D eigenvalue weighted by molar-refractivity contribution is 5.65. The molecule has 1 unspecified atom stereocenters. The molecule has 76 valence electrons. The Morgan fingerprint density at radius 3 is 3.15 bits per heavy atom. The molecule has 13 heavy (non-hydrogen) atoms. The molecule has 1 saturated heterocycles. The Hall–Kier alpha value is -0.810. The topological polar surface area (TPSA) is 59.6 Å². The molecule has 2 N–H and O–H groups in total. The van der Waals surface area contributed by atoms with E-state index in [2.05, 4.69) is 15.5 Å². The van der Waals surface area contributed by atoms with Crippen LogP contribution in [0.15, 0.2) is 0 Å². The maximum Gasteiger partial charge on any atom is 0.431 e. The van der Waals surface area contributed by atoms with Gasteiger partial charge < -0.3 is 10.1 Å². The number of carbonyl (C=O) groups is 1. The van der Waals surface area contributed by atoms with E-state index in [1.807, 2.05) is 0 Å². The van der Waals surface area contributed by atoms with Crippen molar-refractivity contribution in [3.63, 3.8) is 0 Å². The summed E-state index contributed by atoms with van der Waals surface area (Å²) in [5.41, 5.74) is 2.25. The van der Waals surface area contributed by atoms with Gasteiger partial charge in [0.15, 0.2) is 0 Å². The molecule has 0 saturated carbocycles. The van der Waals surface area contributed by atoms with Crippen molar-refractivity contribution < 1.29 is 14.4 Å². The summed E-state index contributed by atoms with van der Waals surface area (Å²) in [6, 6.07) is 0. The van der Waals surface area contributed by atoms with E-state index in [4.69, 9.17) is 4.84 Å². The first-order chi connectivity index (χ1) is 6.33. The van der Waals surface area contributed by atoms with Gasteiger partial charge in [-0.3, -0.25) is 4.84 Å². The highest BCUT2D eigenvalue weighted by atomic mass is 16.7. The van der Waals surface area contributed by atoms with Crippen molar-refractivity contribution in [3.05, 3.63) is 0 Å². The van der Waals surface area contributed by atoms with Crippen LogP contribution in [-0.4, -0.2) is 31.9 Å². The van der Waals surface area contributed by atoms with Crippen molar-refractivity contribution in [1.29, 1.82) is 0 Å². The van der Waals surface area contributed by atoms with Gasteiger partial charge in [0, 0.05) is 6.54 Å². The van der Waals surface area contributed by atoms with E-state index in [-0.39, 0.29) is 6.10 Å². The zero-order valence-corrected chi connectivity index (χ0v) is 7.84. The quantitative estimate of drug-likeness (QED) is 0.630. The Bertz CT molecular complexity index is 157. The van der Waals surface area contributed by atoms with E-state index < -0.39 is 6.09 Å². The Balaban J connectivity index is 2.06. The van der Waals surface area contributed by atoms with Crippen LogP contribution in [0.3, 0.4) is 0 Å². The first kappa shape index (κ1) is 10.3. The number of piperidine rings is 1. The summed E-state index contributed by atoms with van der Waals surface area (Å²) in [6.07, 6.45) is 1.60. The van der Waals surface area contributed by atoms with E-state index in [9.17, 15) is 4.79 Å². The van der Waals surface area contributed by atoms with E-state index in [0.29, 0.717) is 6.61 Å². The minimum Gasteiger partial charge on any atom is -0.448 e. The van der Waals surface area contributed by atoms with Gasteiger partial charge in [0.2, 0.25) is 0 Å². The highest BCUT2D eigenvalue weighted by Crippen LogP contribution is 2.03. The zero-order chi connectivity index (χ0) is 9.52. The molecule has 0 aliphatic carbocycles. The van der Waals surface area contributed by atoms with Crippen molar-refractivity contribution in [3.8, 4) is 0 Å². The van der Waals surface area contributed by atoms with Crippen LogP contribution >= 0.6 is 0 Å². The van der Waals surface area contributed by atoms with Gasteiger partial charge in [-0.25, -0.2) is 4.79 Å². The summed E-state index contributed by atoms with van der Waals surface area (Å²) < 4.78 is 4.64. The average molecular weight is 188 g/mol. The second-order valence-electron chi connectivity index (χ2n) is 2.91. The van der Waals surface area contributed by atoms with Gasteiger partial charge in [0.1, 0.15) is 0 Å². The number of hydrogen-bond acceptors (Lipinski definition) is 4. The van der Waals surface area contributed by atoms with Gasteiger partial charge >= 0.3 is 6.09 Å². The number of hydroxylamine groups is 1. The van der Waals surface area contributed by atoms with Gasteiger partial charge in [0.05, 0.1) is 12.7 Å². The third-order valence-electron chi connectivity index (χ3n) is 1.84. The largest absolute Gasteiger partial charge is 0.448 e. The Morgan fingerprint density at radius 2 is 2.54 bits per heavy atom. The monoisotopic (exact) mass is 188 g/mol. The molecule has 1 atom stereocenters. The van der Waals surface area contributed by atoms with Crippen molar-refractivity contribution in [2.45, 2.75) is 25.9 Å². The minimum atomic E-state index is -0.520. The molecule has 5 nitrogen and oxygen atoms in total. The lowest BCUT2D eigenvalue weighted by atomic mass is 10.1. The highest BCUT2D eigenvalue weighted by Gasteiger charge is 2.14. The Morgan fingerprint density at radius 1 is 1.69 bits per heavy atom. The van der Waals surface area contributed by atoms with Gasteiger partial charge in [0.25, 0.3) is 0 Å². The average Bonchev–Trinajstić information content (AvgIpc) is 2.17. The zero-order valence-electron chi connectivity index (χ0n) is 7.84. The summed E-state index contributed by atoms with van der Waals surface area (Å²) >= 11 is 0. The van der Waals surface area contributed by atoms with E-state index in [1.54, 1.807) is 6.92 Å². The molecule has 1 aliphatic rings. The van der Waals surface area contributed by atoms with Crippen molar-refractivity contribution >= 4 is 6.09 Å². The lowest BCUT2D eigenvalue weighted by Gasteiger charge is -2.22. The molecule has 0 radical (unpaired) electrons. The molecule has 0 aromatic heterocycles. The van der Waals surface area contributed by atoms with Crippen LogP contribution in [0.5, 0.6) is 0 Å². The first-order valence-electron chi connectivity index (χ1n) is 4.62. The number of amides is 1. The Kier molecular flexibility index (Phi) is 4.56. The molecule has 0 bridgehead atoms. The summed E-state index contributed by atoms with van der Waals surface area (Å²) in [4.78, 5) is 15.9. The van der Waals surface area contributed by atoms with Crippen LogP contribution < -0.4 is 10.8 Å². The number of ether oxygens (including phenoxy) is 1. The van der Waals surface area contributed by atoms with Crippen molar-refractivity contribution in [2.24, 2.45) is 0 Å². The van der Waals surface area contributed by atoms with Crippen molar-refractivity contribution in [1.82, 2.24) is 10.8 Å². The molecule has 0 aromatic rings. The maximum absolute atomic E-state index is 10.8. The predicted octanol–water partition coefficient (Wildman–Crippen LogP) is 0.416. The summed E-state index contributed by atoms with van der Waals surface area (Å²) in [7, 11) is 0. The van der Waals surface area contributed by atoms with Crippen LogP contribution in [0.1, 0.15) is 19.8 Å². The standard InChI is InChI=1S/C8H16N2O3/c1-2-12-8(11)10-13-7-4-3-5-9-6-7/h7,9H,2-6H2,1H3,(H,10,11). The molecular weight excluding hydrogens is 172 g/mol. The molecule has 1 amide bonds. The van der Waals surface area contributed by atoms with E-state index in [0.717, 1.165) is 25.9 Å². The van der Waals surface area contributed by atoms with E-state index >= 15 is 0 Å². The second-order valence-corrected chi connectivity index (χ2v) is 2.91. The predicted molar refractivity (Wildman–Crippen MR) is 47.1 cm³/mol. The molecule has 0 aromatic carbocycles. The SMILES string of the molecule is CCOC(=O)NOC1CCCNC1. The lowest BCUT2D eigenvalue weighted by Crippen LogP contribution is -2.40. The third-order valence-corrected chi connectivity index (χ3v) is 1.84. The number of nitrogens with one attached hydrogen (secondary N) is 2. The lowest BCUT2D eigenvalue weighted by molar-refractivity contribution is -0.0317. The fourth-order valence-electron chi connectivity index (χ4n) is 1.21. The molecule has 1 aliphatic heterocycles. The van der Waals surface area contributed by atoms with Gasteiger partial charge in [-0.1, -0.05) is 0 Å². The van der Waals surface area contributed by atoms with Crippen LogP contribution in [-0.2, 0) is 9.57 Å². The summed E-state index contributed by atoms with van der Waals surface area (Å²) in [5.74, 6) is 0. The van der Waals surface area contributed by atoms with E-state index in [1.165, 1.54) is 0 Å². The number of rotatable bonds is 3. The molecule has 0 spiro atoms. The van der Waals surface area contributed by atoms with Crippen LogP contribution in [0.25, 0.3) is 0 Å². The fraction of sp³-hybridized carbons (Fsp3) is 0.875. The smallest absolute Gasteiger partial charge is 0.431 e. The minimum absolute atomic E-state index is 0.0677. The molecule has 1 fully saturated rings. The Labute approximate surface area is 77.7 Å². The normalized spacial score (nSPS) is 22.4. The van der Waals surface area contributed by atoms with Crippen LogP contribution in [0.4, 0.5) is 4.79 Å². The van der Waals surface area contributed by atoms with Crippen LogP contribution in [0.2, 0.25) is 0 Å². The maximum atomic E-state index is 10.8. The van der Waals surface area contributed by atoms with Gasteiger partial charge in [-0.15, -0.1) is 0 Å². The van der Waals surface area contributed by atoms with Gasteiger partial charge in [-0.2, -0.15) is 5.48 Å². The molecule has 5 heteroatoms. The number of hydrogen-bond donors (Lipinski definition) is 2. The third kappa shape index (κ3) is 4.10. The van der Waals surface area contributed by atoms with Crippen molar-refractivity contribution in [2.75, 3.05) is 19.7 Å². The molecule has 1 rings (SSSR count).